The standard InChI is InChI=1S/C30H32N2O4S/c1-31(2)28-20-10-18-26-25(28)17-11-21-29(26)32(37(35)36)27-19-9-7-15-23(27)14-5-3-4-12-22-13-6-8-16-24(22)30(33)34/h6-11,13,15-21H,3-5,12,14H2,1-2H3,(H,33,34)(H,35,36). The number of carbonyl (C=O) groups is 1. The monoisotopic (exact) mass is 516 g/mol. The third kappa shape index (κ3) is 6.01. The number of hydrogen-bond donors (Lipinski definition) is 2. The molecule has 0 bridgehead atoms. The van der Waals surface area contributed by atoms with Crippen molar-refractivity contribution in [1.29, 1.82) is 0 Å². The third-order valence-corrected chi connectivity index (χ3v) is 7.29. The maximum atomic E-state index is 12.7. The molecule has 0 saturated carbocycles. The van der Waals surface area contributed by atoms with Crippen LogP contribution in [-0.4, -0.2) is 33.9 Å². The molecule has 0 spiro atoms. The van der Waals surface area contributed by atoms with Crippen LogP contribution in [-0.2, 0) is 24.1 Å². The van der Waals surface area contributed by atoms with E-state index < -0.39 is 17.2 Å². The predicted octanol–water partition coefficient (Wildman–Crippen LogP) is 6.83. The van der Waals surface area contributed by atoms with Crippen LogP contribution in [0, 0.1) is 0 Å². The minimum atomic E-state index is -2.27. The minimum absolute atomic E-state index is 0.362. The highest BCUT2D eigenvalue weighted by atomic mass is 32.2. The molecule has 0 aromatic heterocycles. The highest BCUT2D eigenvalue weighted by Crippen LogP contribution is 2.38. The van der Waals surface area contributed by atoms with E-state index in [1.165, 1.54) is 4.31 Å². The average Bonchev–Trinajstić information content (AvgIpc) is 2.89. The topological polar surface area (TPSA) is 81.1 Å². The molecule has 192 valence electrons. The van der Waals surface area contributed by atoms with Crippen molar-refractivity contribution in [2.45, 2.75) is 32.1 Å². The summed E-state index contributed by atoms with van der Waals surface area (Å²) in [6.45, 7) is 0. The van der Waals surface area contributed by atoms with Crippen molar-refractivity contribution >= 4 is 45.1 Å². The lowest BCUT2D eigenvalue weighted by molar-refractivity contribution is 0.0695. The number of anilines is 3. The van der Waals surface area contributed by atoms with Gasteiger partial charge >= 0.3 is 5.97 Å². The van der Waals surface area contributed by atoms with Crippen molar-refractivity contribution in [1.82, 2.24) is 0 Å². The molecule has 7 heteroatoms. The summed E-state index contributed by atoms with van der Waals surface area (Å²) in [4.78, 5) is 13.5. The minimum Gasteiger partial charge on any atom is -0.478 e. The SMILES string of the molecule is CN(C)c1cccc2c(N(c3ccccc3CCCCCc3ccccc3C(=O)O)S(=O)O)cccc12. The number of aromatic carboxylic acids is 1. The number of fused-ring (bicyclic) bond motifs is 1. The molecule has 0 radical (unpaired) electrons. The summed E-state index contributed by atoms with van der Waals surface area (Å²) in [6.07, 6.45) is 4.14. The normalized spacial score (nSPS) is 11.9. The van der Waals surface area contributed by atoms with E-state index in [0.717, 1.165) is 53.3 Å². The second-order valence-corrected chi connectivity index (χ2v) is 10.0. The van der Waals surface area contributed by atoms with Crippen LogP contribution in [0.2, 0.25) is 0 Å². The van der Waals surface area contributed by atoms with Crippen molar-refractivity contribution in [3.63, 3.8) is 0 Å². The zero-order valence-electron chi connectivity index (χ0n) is 21.1. The Morgan fingerprint density at radius 1 is 0.703 bits per heavy atom. The molecule has 1 unspecified atom stereocenters. The zero-order chi connectivity index (χ0) is 26.4. The van der Waals surface area contributed by atoms with Crippen molar-refractivity contribution in [3.05, 3.63) is 102 Å². The summed E-state index contributed by atoms with van der Waals surface area (Å²) in [5.41, 5.74) is 4.64. The Hall–Kier alpha value is -3.68. The first-order valence-corrected chi connectivity index (χ1v) is 13.4. The largest absolute Gasteiger partial charge is 0.478 e. The van der Waals surface area contributed by atoms with Gasteiger partial charge < -0.3 is 10.0 Å². The number of aryl methyl sites for hydroxylation is 2. The molecule has 4 rings (SSSR count). The number of hydrogen-bond acceptors (Lipinski definition) is 3. The summed E-state index contributed by atoms with van der Waals surface area (Å²) >= 11 is -2.27. The second kappa shape index (κ2) is 12.0. The molecule has 37 heavy (non-hydrogen) atoms. The van der Waals surface area contributed by atoms with Gasteiger partial charge in [-0.25, -0.2) is 13.3 Å². The lowest BCUT2D eigenvalue weighted by Crippen LogP contribution is -2.21. The number of carboxylic acids is 1. The quantitative estimate of drug-likeness (QED) is 0.169. The van der Waals surface area contributed by atoms with Gasteiger partial charge in [-0.15, -0.1) is 0 Å². The second-order valence-electron chi connectivity index (χ2n) is 9.22. The van der Waals surface area contributed by atoms with E-state index in [9.17, 15) is 18.7 Å². The lowest BCUT2D eigenvalue weighted by atomic mass is 9.99. The molecule has 0 saturated heterocycles. The molecule has 0 amide bonds. The van der Waals surface area contributed by atoms with Crippen molar-refractivity contribution in [2.24, 2.45) is 0 Å². The van der Waals surface area contributed by atoms with Crippen molar-refractivity contribution < 1.29 is 18.7 Å². The average molecular weight is 517 g/mol. The summed E-state index contributed by atoms with van der Waals surface area (Å²) in [6, 6.07) is 26.7. The van der Waals surface area contributed by atoms with Gasteiger partial charge in [-0.3, -0.25) is 4.55 Å². The van der Waals surface area contributed by atoms with Gasteiger partial charge in [-0.05, 0) is 61.1 Å². The van der Waals surface area contributed by atoms with Crippen molar-refractivity contribution in [2.75, 3.05) is 23.3 Å². The Balaban J connectivity index is 1.54. The lowest BCUT2D eigenvalue weighted by Gasteiger charge is -2.25. The first-order chi connectivity index (χ1) is 17.9. The fourth-order valence-corrected chi connectivity index (χ4v) is 5.49. The fraction of sp³-hybridized carbons (Fsp3) is 0.233. The van der Waals surface area contributed by atoms with Crippen LogP contribution in [0.1, 0.15) is 40.7 Å². The van der Waals surface area contributed by atoms with Crippen LogP contribution < -0.4 is 9.21 Å². The number of rotatable bonds is 11. The highest BCUT2D eigenvalue weighted by Gasteiger charge is 2.21. The van der Waals surface area contributed by atoms with Gasteiger partial charge in [-0.2, -0.15) is 0 Å². The third-order valence-electron chi connectivity index (χ3n) is 6.58. The maximum Gasteiger partial charge on any atom is 0.335 e. The van der Waals surface area contributed by atoms with E-state index in [1.807, 2.05) is 91.8 Å². The number of carboxylic acid groups (broad SMARTS) is 1. The van der Waals surface area contributed by atoms with E-state index in [2.05, 4.69) is 0 Å². The summed E-state index contributed by atoms with van der Waals surface area (Å²) in [5.74, 6) is -0.896. The molecule has 0 fully saturated rings. The Kier molecular flexibility index (Phi) is 8.58. The Morgan fingerprint density at radius 2 is 1.24 bits per heavy atom. The summed E-state index contributed by atoms with van der Waals surface area (Å²) in [5, 5.41) is 11.3. The van der Waals surface area contributed by atoms with Crippen LogP contribution in [0.25, 0.3) is 10.8 Å². The predicted molar refractivity (Wildman–Crippen MR) is 152 cm³/mol. The molecule has 2 N–H and O–H groups in total. The van der Waals surface area contributed by atoms with Gasteiger partial charge in [0.1, 0.15) is 0 Å². The van der Waals surface area contributed by atoms with Crippen LogP contribution >= 0.6 is 0 Å². The van der Waals surface area contributed by atoms with Gasteiger partial charge in [0.25, 0.3) is 11.3 Å². The number of benzene rings is 4. The molecule has 4 aromatic rings. The molecular formula is C30H32N2O4S. The van der Waals surface area contributed by atoms with E-state index >= 15 is 0 Å². The Morgan fingerprint density at radius 3 is 1.89 bits per heavy atom. The number of unbranched alkanes of at least 4 members (excludes halogenated alkanes) is 2. The summed E-state index contributed by atoms with van der Waals surface area (Å²) in [7, 11) is 3.97. The van der Waals surface area contributed by atoms with Crippen LogP contribution in [0.4, 0.5) is 17.1 Å². The first kappa shape index (κ1) is 26.4. The van der Waals surface area contributed by atoms with Crippen LogP contribution in [0.5, 0.6) is 0 Å². The Bertz CT molecular complexity index is 1420. The van der Waals surface area contributed by atoms with Gasteiger partial charge in [0.2, 0.25) is 0 Å². The zero-order valence-corrected chi connectivity index (χ0v) is 21.9. The molecular weight excluding hydrogens is 484 g/mol. The maximum absolute atomic E-state index is 12.7. The fourth-order valence-electron chi connectivity index (χ4n) is 4.82. The van der Waals surface area contributed by atoms with E-state index in [0.29, 0.717) is 23.4 Å². The molecule has 0 aliphatic carbocycles. The van der Waals surface area contributed by atoms with E-state index in [4.69, 9.17) is 0 Å². The van der Waals surface area contributed by atoms with E-state index in [-0.39, 0.29) is 0 Å². The molecule has 0 aliphatic rings. The van der Waals surface area contributed by atoms with Crippen LogP contribution in [0.3, 0.4) is 0 Å². The highest BCUT2D eigenvalue weighted by molar-refractivity contribution is 7.81. The Labute approximate surface area is 220 Å². The van der Waals surface area contributed by atoms with Gasteiger partial charge in [-0.1, -0.05) is 67.1 Å². The first-order valence-electron chi connectivity index (χ1n) is 12.4. The van der Waals surface area contributed by atoms with Crippen LogP contribution in [0.15, 0.2) is 84.9 Å². The smallest absolute Gasteiger partial charge is 0.335 e. The van der Waals surface area contributed by atoms with Gasteiger partial charge in [0.05, 0.1) is 16.9 Å². The number of para-hydroxylation sites is 1. The van der Waals surface area contributed by atoms with Gasteiger partial charge in [0, 0.05) is 30.6 Å². The van der Waals surface area contributed by atoms with Gasteiger partial charge in [0.15, 0.2) is 0 Å². The van der Waals surface area contributed by atoms with E-state index in [1.54, 1.807) is 12.1 Å². The molecule has 0 aliphatic heterocycles. The molecule has 0 heterocycles. The molecule has 4 aromatic carbocycles. The molecule has 1 atom stereocenters. The molecule has 6 nitrogen and oxygen atoms in total. The summed E-state index contributed by atoms with van der Waals surface area (Å²) < 4.78 is 24.6. The van der Waals surface area contributed by atoms with Crippen molar-refractivity contribution in [3.8, 4) is 0 Å². The number of nitrogens with zero attached hydrogens (tertiary/aromatic N) is 2.